The van der Waals surface area contributed by atoms with Gasteiger partial charge in [-0.15, -0.1) is 0 Å². The summed E-state index contributed by atoms with van der Waals surface area (Å²) in [6.45, 7) is 14.3. The quantitative estimate of drug-likeness (QED) is 0.817. The Kier molecular flexibility index (Phi) is 5.22. The van der Waals surface area contributed by atoms with Gasteiger partial charge in [0.15, 0.2) is 0 Å². The zero-order valence-electron chi connectivity index (χ0n) is 13.3. The molecular weight excluding hydrogens is 250 g/mol. The number of hydrogen-bond donors (Lipinski definition) is 1. The Balaban J connectivity index is 3.01. The van der Waals surface area contributed by atoms with Crippen LogP contribution in [0.15, 0.2) is 18.2 Å². The minimum Gasteiger partial charge on any atom is -0.543 e. The summed E-state index contributed by atoms with van der Waals surface area (Å²) in [6.07, 6.45) is 2.01. The van der Waals surface area contributed by atoms with Crippen LogP contribution in [0.2, 0.25) is 18.1 Å². The van der Waals surface area contributed by atoms with Gasteiger partial charge in [0, 0.05) is 0 Å². The highest BCUT2D eigenvalue weighted by molar-refractivity contribution is 6.74. The van der Waals surface area contributed by atoms with E-state index >= 15 is 0 Å². The van der Waals surface area contributed by atoms with Gasteiger partial charge in [0.2, 0.25) is 8.32 Å². The van der Waals surface area contributed by atoms with E-state index in [-0.39, 0.29) is 5.04 Å². The maximum atomic E-state index is 6.47. The van der Waals surface area contributed by atoms with Gasteiger partial charge in [-0.05, 0) is 61.6 Å². The molecule has 0 saturated heterocycles. The number of hydrogen-bond acceptors (Lipinski definition) is 2. The molecule has 0 aromatic heterocycles. The topological polar surface area (TPSA) is 35.2 Å². The first-order valence-electron chi connectivity index (χ1n) is 7.16. The summed E-state index contributed by atoms with van der Waals surface area (Å²) in [6, 6.07) is 6.52. The number of aryl methyl sites for hydroxylation is 2. The summed E-state index contributed by atoms with van der Waals surface area (Å²) in [5.41, 5.74) is 8.17. The predicted molar refractivity (Wildman–Crippen MR) is 86.4 cm³/mol. The SMILES string of the molecule is Cc1ccc(CCCN)c(O[Si](C)(C)C(C)(C)C)c1. The summed E-state index contributed by atoms with van der Waals surface area (Å²) in [7, 11) is -1.77. The monoisotopic (exact) mass is 279 g/mol. The van der Waals surface area contributed by atoms with Crippen molar-refractivity contribution in [3.63, 3.8) is 0 Å². The minimum atomic E-state index is -1.77. The molecule has 0 aliphatic heterocycles. The average Bonchev–Trinajstić information content (AvgIpc) is 2.26. The largest absolute Gasteiger partial charge is 0.543 e. The van der Waals surface area contributed by atoms with Gasteiger partial charge < -0.3 is 10.2 Å². The molecule has 2 nitrogen and oxygen atoms in total. The van der Waals surface area contributed by atoms with Crippen molar-refractivity contribution in [2.24, 2.45) is 5.73 Å². The van der Waals surface area contributed by atoms with Gasteiger partial charge >= 0.3 is 0 Å². The van der Waals surface area contributed by atoms with Gasteiger partial charge in [-0.2, -0.15) is 0 Å². The Morgan fingerprint density at radius 1 is 1.21 bits per heavy atom. The van der Waals surface area contributed by atoms with Crippen LogP contribution in [0.5, 0.6) is 5.75 Å². The van der Waals surface area contributed by atoms with Crippen molar-refractivity contribution in [3.8, 4) is 5.75 Å². The third kappa shape index (κ3) is 4.36. The van der Waals surface area contributed by atoms with Crippen molar-refractivity contribution in [2.75, 3.05) is 6.54 Å². The van der Waals surface area contributed by atoms with Crippen LogP contribution in [-0.2, 0) is 6.42 Å². The maximum Gasteiger partial charge on any atom is 0.250 e. The van der Waals surface area contributed by atoms with E-state index in [9.17, 15) is 0 Å². The summed E-state index contributed by atoms with van der Waals surface area (Å²) >= 11 is 0. The van der Waals surface area contributed by atoms with E-state index in [1.165, 1.54) is 11.1 Å². The molecule has 1 rings (SSSR count). The van der Waals surface area contributed by atoms with Crippen LogP contribution in [0.25, 0.3) is 0 Å². The molecule has 3 heteroatoms. The second kappa shape index (κ2) is 6.10. The zero-order valence-corrected chi connectivity index (χ0v) is 14.3. The van der Waals surface area contributed by atoms with E-state index < -0.39 is 8.32 Å². The highest BCUT2D eigenvalue weighted by Gasteiger charge is 2.39. The molecule has 0 unspecified atom stereocenters. The Morgan fingerprint density at radius 2 is 1.84 bits per heavy atom. The normalized spacial score (nSPS) is 12.6. The van der Waals surface area contributed by atoms with E-state index in [0.717, 1.165) is 25.1 Å². The number of benzene rings is 1. The van der Waals surface area contributed by atoms with Gasteiger partial charge in [-0.3, -0.25) is 0 Å². The zero-order chi connectivity index (χ0) is 14.7. The van der Waals surface area contributed by atoms with Crippen molar-refractivity contribution in [3.05, 3.63) is 29.3 Å². The second-order valence-electron chi connectivity index (χ2n) is 6.87. The highest BCUT2D eigenvalue weighted by Crippen LogP contribution is 2.38. The van der Waals surface area contributed by atoms with Crippen LogP contribution in [0.1, 0.15) is 38.3 Å². The fourth-order valence-corrected chi connectivity index (χ4v) is 2.73. The number of rotatable bonds is 5. The van der Waals surface area contributed by atoms with Gasteiger partial charge in [0.1, 0.15) is 5.75 Å². The van der Waals surface area contributed by atoms with Crippen molar-refractivity contribution in [2.45, 2.75) is 58.7 Å². The first kappa shape index (κ1) is 16.3. The summed E-state index contributed by atoms with van der Waals surface area (Å²) in [5.74, 6) is 1.07. The molecule has 0 bridgehead atoms. The Bertz CT molecular complexity index is 421. The van der Waals surface area contributed by atoms with Gasteiger partial charge in [-0.1, -0.05) is 32.9 Å². The van der Waals surface area contributed by atoms with E-state index in [1.54, 1.807) is 0 Å². The maximum absolute atomic E-state index is 6.47. The molecule has 0 fully saturated rings. The van der Waals surface area contributed by atoms with Crippen LogP contribution in [-0.4, -0.2) is 14.9 Å². The van der Waals surface area contributed by atoms with Crippen molar-refractivity contribution < 1.29 is 4.43 Å². The van der Waals surface area contributed by atoms with E-state index in [0.29, 0.717) is 0 Å². The van der Waals surface area contributed by atoms with E-state index in [4.69, 9.17) is 10.2 Å². The van der Waals surface area contributed by atoms with Gasteiger partial charge in [0.25, 0.3) is 0 Å². The molecule has 0 heterocycles. The molecule has 1 aromatic carbocycles. The van der Waals surface area contributed by atoms with Crippen molar-refractivity contribution in [1.29, 1.82) is 0 Å². The lowest BCUT2D eigenvalue weighted by atomic mass is 10.1. The molecule has 0 aliphatic carbocycles. The average molecular weight is 280 g/mol. The standard InChI is InChI=1S/C16H29NOSi/c1-13-9-10-14(8-7-11-17)15(12-13)18-19(5,6)16(2,3)4/h9-10,12H,7-8,11,17H2,1-6H3. The van der Waals surface area contributed by atoms with E-state index in [2.05, 4.69) is 59.0 Å². The predicted octanol–water partition coefficient (Wildman–Crippen LogP) is 4.27. The van der Waals surface area contributed by atoms with Gasteiger partial charge in [-0.25, -0.2) is 0 Å². The van der Waals surface area contributed by atoms with E-state index in [1.807, 2.05) is 0 Å². The van der Waals surface area contributed by atoms with Crippen molar-refractivity contribution in [1.82, 2.24) is 0 Å². The summed E-state index contributed by atoms with van der Waals surface area (Å²) < 4.78 is 6.47. The smallest absolute Gasteiger partial charge is 0.250 e. The molecule has 0 radical (unpaired) electrons. The Labute approximate surface area is 119 Å². The fraction of sp³-hybridized carbons (Fsp3) is 0.625. The fourth-order valence-electron chi connectivity index (χ4n) is 1.68. The second-order valence-corrected chi connectivity index (χ2v) is 11.6. The lowest BCUT2D eigenvalue weighted by Crippen LogP contribution is -2.44. The molecule has 0 atom stereocenters. The van der Waals surface area contributed by atoms with Gasteiger partial charge in [0.05, 0.1) is 0 Å². The molecule has 1 aromatic rings. The minimum absolute atomic E-state index is 0.224. The summed E-state index contributed by atoms with van der Waals surface area (Å²) in [4.78, 5) is 0. The van der Waals surface area contributed by atoms with Crippen LogP contribution >= 0.6 is 0 Å². The molecule has 108 valence electrons. The molecule has 0 amide bonds. The highest BCUT2D eigenvalue weighted by atomic mass is 28.4. The van der Waals surface area contributed by atoms with Crippen LogP contribution in [0, 0.1) is 6.92 Å². The lowest BCUT2D eigenvalue weighted by Gasteiger charge is -2.37. The van der Waals surface area contributed by atoms with Crippen molar-refractivity contribution >= 4 is 8.32 Å². The Morgan fingerprint density at radius 3 is 2.37 bits per heavy atom. The molecule has 0 aliphatic rings. The van der Waals surface area contributed by atoms with Crippen LogP contribution in [0.4, 0.5) is 0 Å². The molecule has 19 heavy (non-hydrogen) atoms. The first-order chi connectivity index (χ1) is 8.67. The van der Waals surface area contributed by atoms with Crippen LogP contribution < -0.4 is 10.2 Å². The molecular formula is C16H29NOSi. The first-order valence-corrected chi connectivity index (χ1v) is 10.1. The number of nitrogens with two attached hydrogens (primary N) is 1. The third-order valence-electron chi connectivity index (χ3n) is 4.04. The molecule has 2 N–H and O–H groups in total. The lowest BCUT2D eigenvalue weighted by molar-refractivity contribution is 0.486. The molecule has 0 saturated carbocycles. The Hall–Kier alpha value is -0.803. The van der Waals surface area contributed by atoms with Crippen LogP contribution in [0.3, 0.4) is 0 Å². The summed E-state index contributed by atoms with van der Waals surface area (Å²) in [5, 5.41) is 0.224. The molecule has 0 spiro atoms. The third-order valence-corrected chi connectivity index (χ3v) is 8.39.